The highest BCUT2D eigenvalue weighted by atomic mass is 16.4. The third-order valence-electron chi connectivity index (χ3n) is 3.90. The maximum Gasteiger partial charge on any atom is 0.309 e. The molecule has 1 fully saturated rings. The molecule has 2 nitrogen and oxygen atoms in total. The van der Waals surface area contributed by atoms with E-state index in [1.165, 1.54) is 5.56 Å². The lowest BCUT2D eigenvalue weighted by Gasteiger charge is -2.38. The second-order valence-electron chi connectivity index (χ2n) is 4.93. The molecule has 2 heteroatoms. The van der Waals surface area contributed by atoms with Crippen LogP contribution in [0.1, 0.15) is 44.1 Å². The van der Waals surface area contributed by atoms with Crippen LogP contribution in [0.15, 0.2) is 30.3 Å². The molecule has 2 rings (SSSR count). The first-order valence-corrected chi connectivity index (χ1v) is 5.93. The van der Waals surface area contributed by atoms with E-state index in [2.05, 4.69) is 12.1 Å². The van der Waals surface area contributed by atoms with Crippen molar-refractivity contribution in [2.75, 3.05) is 0 Å². The minimum absolute atomic E-state index is 0.167. The van der Waals surface area contributed by atoms with Gasteiger partial charge in [0.15, 0.2) is 0 Å². The third kappa shape index (κ3) is 1.84. The summed E-state index contributed by atoms with van der Waals surface area (Å²) in [6, 6.07) is 10.1. The van der Waals surface area contributed by atoms with Crippen LogP contribution in [0.4, 0.5) is 0 Å². The van der Waals surface area contributed by atoms with Crippen LogP contribution in [-0.4, -0.2) is 11.1 Å². The number of carbonyl (C=O) groups is 1. The molecule has 16 heavy (non-hydrogen) atoms. The fourth-order valence-electron chi connectivity index (χ4n) is 2.81. The van der Waals surface area contributed by atoms with E-state index in [0.29, 0.717) is 0 Å². The molecule has 0 spiro atoms. The van der Waals surface area contributed by atoms with Crippen LogP contribution in [0.5, 0.6) is 0 Å². The Bertz CT molecular complexity index is 372. The summed E-state index contributed by atoms with van der Waals surface area (Å²) in [6.45, 7) is 1.90. The Morgan fingerprint density at radius 1 is 1.31 bits per heavy atom. The molecule has 0 aromatic heterocycles. The molecule has 0 amide bonds. The lowest BCUT2D eigenvalue weighted by atomic mass is 9.65. The number of rotatable bonds is 2. The Kier molecular flexibility index (Phi) is 2.99. The number of carboxylic acids is 1. The van der Waals surface area contributed by atoms with Crippen molar-refractivity contribution in [3.63, 3.8) is 0 Å². The van der Waals surface area contributed by atoms with Crippen molar-refractivity contribution >= 4 is 5.97 Å². The number of aliphatic carboxylic acids is 1. The van der Waals surface area contributed by atoms with Crippen LogP contribution < -0.4 is 0 Å². The molecule has 1 aromatic rings. The molecule has 0 saturated heterocycles. The van der Waals surface area contributed by atoms with Gasteiger partial charge >= 0.3 is 5.97 Å². The normalized spacial score (nSPS) is 29.9. The molecule has 0 heterocycles. The molecule has 1 aromatic carbocycles. The Hall–Kier alpha value is -1.31. The van der Waals surface area contributed by atoms with Gasteiger partial charge in [-0.25, -0.2) is 0 Å². The van der Waals surface area contributed by atoms with E-state index in [9.17, 15) is 9.90 Å². The van der Waals surface area contributed by atoms with Crippen molar-refractivity contribution in [2.24, 2.45) is 5.41 Å². The lowest BCUT2D eigenvalue weighted by molar-refractivity contribution is -0.151. The van der Waals surface area contributed by atoms with Gasteiger partial charge in [-0.2, -0.15) is 0 Å². The Morgan fingerprint density at radius 3 is 2.62 bits per heavy atom. The van der Waals surface area contributed by atoms with Crippen LogP contribution in [0.3, 0.4) is 0 Å². The summed E-state index contributed by atoms with van der Waals surface area (Å²) in [4.78, 5) is 11.5. The Balaban J connectivity index is 2.34. The van der Waals surface area contributed by atoms with Crippen molar-refractivity contribution < 1.29 is 9.90 Å². The maximum absolute atomic E-state index is 11.5. The van der Waals surface area contributed by atoms with Gasteiger partial charge in [0, 0.05) is 0 Å². The average Bonchev–Trinajstić information content (AvgIpc) is 2.30. The van der Waals surface area contributed by atoms with E-state index in [-0.39, 0.29) is 5.92 Å². The van der Waals surface area contributed by atoms with Crippen LogP contribution in [0.25, 0.3) is 0 Å². The van der Waals surface area contributed by atoms with Gasteiger partial charge in [0.25, 0.3) is 0 Å². The minimum Gasteiger partial charge on any atom is -0.481 e. The highest BCUT2D eigenvalue weighted by molar-refractivity contribution is 5.75. The lowest BCUT2D eigenvalue weighted by Crippen LogP contribution is -2.36. The largest absolute Gasteiger partial charge is 0.481 e. The maximum atomic E-state index is 11.5. The van der Waals surface area contributed by atoms with Crippen molar-refractivity contribution in [1.82, 2.24) is 0 Å². The molecule has 1 saturated carbocycles. The van der Waals surface area contributed by atoms with Gasteiger partial charge in [0.05, 0.1) is 5.41 Å². The molecule has 2 unspecified atom stereocenters. The number of hydrogen-bond acceptors (Lipinski definition) is 1. The van der Waals surface area contributed by atoms with Gasteiger partial charge in [-0.1, -0.05) is 43.2 Å². The van der Waals surface area contributed by atoms with Gasteiger partial charge in [-0.05, 0) is 31.2 Å². The van der Waals surface area contributed by atoms with Crippen molar-refractivity contribution in [1.29, 1.82) is 0 Å². The van der Waals surface area contributed by atoms with Gasteiger partial charge in [0.1, 0.15) is 0 Å². The van der Waals surface area contributed by atoms with E-state index >= 15 is 0 Å². The Labute approximate surface area is 96.3 Å². The molecular weight excluding hydrogens is 200 g/mol. The highest BCUT2D eigenvalue weighted by Crippen LogP contribution is 2.47. The van der Waals surface area contributed by atoms with Gasteiger partial charge in [-0.3, -0.25) is 4.79 Å². The monoisotopic (exact) mass is 218 g/mol. The first-order valence-electron chi connectivity index (χ1n) is 5.93. The van der Waals surface area contributed by atoms with Crippen LogP contribution >= 0.6 is 0 Å². The predicted octanol–water partition coefficient (Wildman–Crippen LogP) is 3.44. The first kappa shape index (κ1) is 11.2. The van der Waals surface area contributed by atoms with Gasteiger partial charge in [0.2, 0.25) is 0 Å². The molecule has 86 valence electrons. The van der Waals surface area contributed by atoms with Crippen LogP contribution in [0.2, 0.25) is 0 Å². The number of benzene rings is 1. The summed E-state index contributed by atoms with van der Waals surface area (Å²) in [5.41, 5.74) is 0.590. The smallest absolute Gasteiger partial charge is 0.309 e. The van der Waals surface area contributed by atoms with E-state index in [0.717, 1.165) is 25.7 Å². The van der Waals surface area contributed by atoms with Crippen LogP contribution in [-0.2, 0) is 4.79 Å². The van der Waals surface area contributed by atoms with Gasteiger partial charge < -0.3 is 5.11 Å². The average molecular weight is 218 g/mol. The number of hydrogen-bond donors (Lipinski definition) is 1. The predicted molar refractivity (Wildman–Crippen MR) is 63.4 cm³/mol. The van der Waals surface area contributed by atoms with Gasteiger partial charge in [-0.15, -0.1) is 0 Å². The zero-order chi connectivity index (χ0) is 11.6. The van der Waals surface area contributed by atoms with Crippen molar-refractivity contribution in [2.45, 2.75) is 38.5 Å². The zero-order valence-corrected chi connectivity index (χ0v) is 9.65. The topological polar surface area (TPSA) is 37.3 Å². The second-order valence-corrected chi connectivity index (χ2v) is 4.93. The SMILES string of the molecule is CC1(C(=O)O)CCCCC1c1ccccc1. The molecule has 1 aliphatic rings. The van der Waals surface area contributed by atoms with E-state index in [1.807, 2.05) is 25.1 Å². The summed E-state index contributed by atoms with van der Waals surface area (Å²) < 4.78 is 0. The molecule has 0 radical (unpaired) electrons. The van der Waals surface area contributed by atoms with Crippen LogP contribution in [0, 0.1) is 5.41 Å². The Morgan fingerprint density at radius 2 is 2.00 bits per heavy atom. The summed E-state index contributed by atoms with van der Waals surface area (Å²) in [6.07, 6.45) is 3.96. The summed E-state index contributed by atoms with van der Waals surface area (Å²) in [7, 11) is 0. The third-order valence-corrected chi connectivity index (χ3v) is 3.90. The second kappa shape index (κ2) is 4.28. The number of carboxylic acid groups (broad SMARTS) is 1. The van der Waals surface area contributed by atoms with Crippen molar-refractivity contribution in [3.05, 3.63) is 35.9 Å². The van der Waals surface area contributed by atoms with E-state index in [1.54, 1.807) is 0 Å². The first-order chi connectivity index (χ1) is 7.64. The minimum atomic E-state index is -0.652. The zero-order valence-electron chi connectivity index (χ0n) is 9.65. The molecule has 0 bridgehead atoms. The molecule has 2 atom stereocenters. The molecule has 1 aliphatic carbocycles. The summed E-state index contributed by atoms with van der Waals surface area (Å²) in [5, 5.41) is 9.43. The molecule has 1 N–H and O–H groups in total. The fourth-order valence-corrected chi connectivity index (χ4v) is 2.81. The van der Waals surface area contributed by atoms with E-state index < -0.39 is 11.4 Å². The highest BCUT2D eigenvalue weighted by Gasteiger charge is 2.43. The molecule has 0 aliphatic heterocycles. The standard InChI is InChI=1S/C14H18O2/c1-14(13(15)16)10-6-5-9-12(14)11-7-3-2-4-8-11/h2-4,7-8,12H,5-6,9-10H2,1H3,(H,15,16). The summed E-state index contributed by atoms with van der Waals surface area (Å²) >= 11 is 0. The van der Waals surface area contributed by atoms with Crippen molar-refractivity contribution in [3.8, 4) is 0 Å². The van der Waals surface area contributed by atoms with E-state index in [4.69, 9.17) is 0 Å². The molecular formula is C14H18O2. The summed E-state index contributed by atoms with van der Waals surface area (Å²) in [5.74, 6) is -0.485. The quantitative estimate of drug-likeness (QED) is 0.825. The fraction of sp³-hybridized carbons (Fsp3) is 0.500.